The Labute approximate surface area is 137 Å². The van der Waals surface area contributed by atoms with E-state index in [-0.39, 0.29) is 18.4 Å². The highest BCUT2D eigenvalue weighted by Gasteiger charge is 2.25. The summed E-state index contributed by atoms with van der Waals surface area (Å²) in [6.45, 7) is 4.84. The van der Waals surface area contributed by atoms with Gasteiger partial charge in [0.25, 0.3) is 0 Å². The molecule has 5 nitrogen and oxygen atoms in total. The van der Waals surface area contributed by atoms with Crippen LogP contribution in [0, 0.1) is 5.92 Å². The van der Waals surface area contributed by atoms with Gasteiger partial charge in [-0.3, -0.25) is 14.5 Å². The lowest BCUT2D eigenvalue weighted by molar-refractivity contribution is -0.128. The van der Waals surface area contributed by atoms with Crippen molar-refractivity contribution in [2.45, 2.75) is 19.9 Å². The van der Waals surface area contributed by atoms with Crippen molar-refractivity contribution in [3.63, 3.8) is 0 Å². The first-order valence-corrected chi connectivity index (χ1v) is 7.67. The summed E-state index contributed by atoms with van der Waals surface area (Å²) in [6.07, 6.45) is 0. The number of carbonyl (C=O) groups is 2. The summed E-state index contributed by atoms with van der Waals surface area (Å²) in [5, 5.41) is 6.10. The largest absolute Gasteiger partial charge is 0.358 e. The minimum absolute atomic E-state index is 0.0981. The Hall–Kier alpha value is -1.59. The molecule has 0 heterocycles. The zero-order chi connectivity index (χ0) is 16.7. The maximum Gasteiger partial charge on any atom is 0.241 e. The van der Waals surface area contributed by atoms with Crippen LogP contribution in [0.2, 0.25) is 5.02 Å². The first-order valence-electron chi connectivity index (χ1n) is 7.29. The van der Waals surface area contributed by atoms with Crippen LogP contribution in [-0.4, -0.2) is 43.9 Å². The van der Waals surface area contributed by atoms with Gasteiger partial charge < -0.3 is 10.6 Å². The number of benzene rings is 1. The molecule has 6 heteroatoms. The first kappa shape index (κ1) is 18.5. The topological polar surface area (TPSA) is 61.4 Å². The monoisotopic (exact) mass is 325 g/mol. The summed E-state index contributed by atoms with van der Waals surface area (Å²) in [6, 6.07) is 6.53. The van der Waals surface area contributed by atoms with Crippen LogP contribution < -0.4 is 10.6 Å². The first-order chi connectivity index (χ1) is 10.3. The predicted octanol–water partition coefficient (Wildman–Crippen LogP) is 1.83. The molecule has 2 amide bonds. The number of nitrogens with zero attached hydrogens (tertiary/aromatic N) is 1. The molecule has 0 aliphatic heterocycles. The van der Waals surface area contributed by atoms with Crippen molar-refractivity contribution in [3.8, 4) is 0 Å². The van der Waals surface area contributed by atoms with Gasteiger partial charge >= 0.3 is 0 Å². The Morgan fingerprint density at radius 3 is 2.32 bits per heavy atom. The second kappa shape index (κ2) is 8.76. The number of hydrogen-bond donors (Lipinski definition) is 2. The van der Waals surface area contributed by atoms with Gasteiger partial charge in [0.05, 0.1) is 6.54 Å². The van der Waals surface area contributed by atoms with Crippen molar-refractivity contribution in [1.29, 1.82) is 0 Å². The Balaban J connectivity index is 2.81. The third-order valence-electron chi connectivity index (χ3n) is 3.22. The van der Waals surface area contributed by atoms with Crippen LogP contribution in [0.3, 0.4) is 0 Å². The van der Waals surface area contributed by atoms with Crippen molar-refractivity contribution in [2.75, 3.05) is 27.2 Å². The summed E-state index contributed by atoms with van der Waals surface area (Å²) >= 11 is 5.89. The van der Waals surface area contributed by atoms with E-state index in [1.54, 1.807) is 43.3 Å². The Morgan fingerprint density at radius 2 is 1.82 bits per heavy atom. The number of amides is 2. The average molecular weight is 326 g/mol. The number of halogens is 1. The summed E-state index contributed by atoms with van der Waals surface area (Å²) in [5.41, 5.74) is 0.794. The van der Waals surface area contributed by atoms with Gasteiger partial charge in [-0.1, -0.05) is 37.6 Å². The smallest absolute Gasteiger partial charge is 0.241 e. The summed E-state index contributed by atoms with van der Waals surface area (Å²) in [7, 11) is 3.33. The minimum atomic E-state index is -0.535. The predicted molar refractivity (Wildman–Crippen MR) is 88.7 cm³/mol. The number of likely N-dealkylation sites (N-methyl/N-ethyl adjacent to an activating group) is 2. The molecule has 0 saturated heterocycles. The van der Waals surface area contributed by atoms with E-state index in [4.69, 9.17) is 11.6 Å². The van der Waals surface area contributed by atoms with Gasteiger partial charge in [-0.25, -0.2) is 0 Å². The third-order valence-corrected chi connectivity index (χ3v) is 3.47. The lowest BCUT2D eigenvalue weighted by Crippen LogP contribution is -2.43. The van der Waals surface area contributed by atoms with Crippen LogP contribution in [0.5, 0.6) is 0 Å². The molecule has 1 atom stereocenters. The highest BCUT2D eigenvalue weighted by molar-refractivity contribution is 6.30. The van der Waals surface area contributed by atoms with Crippen LogP contribution in [0.15, 0.2) is 24.3 Å². The van der Waals surface area contributed by atoms with E-state index < -0.39 is 6.04 Å². The quantitative estimate of drug-likeness (QED) is 0.804. The molecule has 1 rings (SSSR count). The van der Waals surface area contributed by atoms with Crippen LogP contribution in [0.4, 0.5) is 0 Å². The zero-order valence-corrected chi connectivity index (χ0v) is 14.3. The van der Waals surface area contributed by atoms with Gasteiger partial charge in [0.15, 0.2) is 0 Å². The van der Waals surface area contributed by atoms with E-state index in [9.17, 15) is 9.59 Å². The highest BCUT2D eigenvalue weighted by atomic mass is 35.5. The summed E-state index contributed by atoms with van der Waals surface area (Å²) in [5.74, 6) is 0.126. The molecule has 0 fully saturated rings. The highest BCUT2D eigenvalue weighted by Crippen LogP contribution is 2.21. The Morgan fingerprint density at radius 1 is 1.23 bits per heavy atom. The standard InChI is InChI=1S/C16H24ClN3O2/c1-11(2)9-19-14(21)10-20(4)15(16(22)18-3)12-5-7-13(17)8-6-12/h5-8,11,15H,9-10H2,1-4H3,(H,18,22)(H,19,21)/t15-/m1/s1. The lowest BCUT2D eigenvalue weighted by Gasteiger charge is -2.26. The van der Waals surface area contributed by atoms with E-state index in [0.717, 1.165) is 5.56 Å². The molecule has 122 valence electrons. The maximum absolute atomic E-state index is 12.2. The van der Waals surface area contributed by atoms with Crippen LogP contribution in [0.1, 0.15) is 25.5 Å². The van der Waals surface area contributed by atoms with Crippen LogP contribution >= 0.6 is 11.6 Å². The molecular formula is C16H24ClN3O2. The van der Waals surface area contributed by atoms with Crippen molar-refractivity contribution in [2.24, 2.45) is 5.92 Å². The molecular weight excluding hydrogens is 302 g/mol. The molecule has 0 aliphatic rings. The van der Waals surface area contributed by atoms with E-state index in [1.165, 1.54) is 0 Å². The van der Waals surface area contributed by atoms with Gasteiger partial charge in [-0.2, -0.15) is 0 Å². The molecule has 0 aromatic heterocycles. The number of carbonyl (C=O) groups excluding carboxylic acids is 2. The van der Waals surface area contributed by atoms with Gasteiger partial charge in [0, 0.05) is 18.6 Å². The molecule has 2 N–H and O–H groups in total. The summed E-state index contributed by atoms with van der Waals surface area (Å²) < 4.78 is 0. The van der Waals surface area contributed by atoms with Crippen LogP contribution in [0.25, 0.3) is 0 Å². The second-order valence-electron chi connectivity index (χ2n) is 5.68. The number of rotatable bonds is 7. The van der Waals surface area contributed by atoms with Crippen LogP contribution in [-0.2, 0) is 9.59 Å². The average Bonchev–Trinajstić information content (AvgIpc) is 2.47. The second-order valence-corrected chi connectivity index (χ2v) is 6.12. The molecule has 0 saturated carbocycles. The Bertz CT molecular complexity index is 503. The fourth-order valence-corrected chi connectivity index (χ4v) is 2.21. The molecule has 1 aromatic rings. The van der Waals surface area contributed by atoms with Gasteiger partial charge in [-0.15, -0.1) is 0 Å². The molecule has 22 heavy (non-hydrogen) atoms. The molecule has 0 aliphatic carbocycles. The zero-order valence-electron chi connectivity index (χ0n) is 13.5. The molecule has 0 spiro atoms. The molecule has 0 radical (unpaired) electrons. The molecule has 0 unspecified atom stereocenters. The molecule has 1 aromatic carbocycles. The Kier molecular flexibility index (Phi) is 7.35. The third kappa shape index (κ3) is 5.66. The minimum Gasteiger partial charge on any atom is -0.358 e. The summed E-state index contributed by atoms with van der Waals surface area (Å²) in [4.78, 5) is 25.8. The van der Waals surface area contributed by atoms with Crippen molar-refractivity contribution in [3.05, 3.63) is 34.9 Å². The number of nitrogens with one attached hydrogen (secondary N) is 2. The van der Waals surface area contributed by atoms with Gasteiger partial charge in [0.2, 0.25) is 11.8 Å². The van der Waals surface area contributed by atoms with E-state index in [1.807, 2.05) is 13.8 Å². The molecule has 0 bridgehead atoms. The fraction of sp³-hybridized carbons (Fsp3) is 0.500. The van der Waals surface area contributed by atoms with E-state index >= 15 is 0 Å². The van der Waals surface area contributed by atoms with E-state index in [0.29, 0.717) is 17.5 Å². The SMILES string of the molecule is CNC(=O)[C@@H](c1ccc(Cl)cc1)N(C)CC(=O)NCC(C)C. The van der Waals surface area contributed by atoms with Crippen molar-refractivity contribution < 1.29 is 9.59 Å². The fourth-order valence-electron chi connectivity index (χ4n) is 2.08. The van der Waals surface area contributed by atoms with E-state index in [2.05, 4.69) is 10.6 Å². The van der Waals surface area contributed by atoms with Crippen molar-refractivity contribution >= 4 is 23.4 Å². The van der Waals surface area contributed by atoms with Gasteiger partial charge in [0.1, 0.15) is 6.04 Å². The lowest BCUT2D eigenvalue weighted by atomic mass is 10.0. The normalized spacial score (nSPS) is 12.3. The maximum atomic E-state index is 12.2. The van der Waals surface area contributed by atoms with Gasteiger partial charge in [-0.05, 0) is 30.7 Å². The van der Waals surface area contributed by atoms with Crippen molar-refractivity contribution in [1.82, 2.24) is 15.5 Å². The number of hydrogen-bond acceptors (Lipinski definition) is 3.